The van der Waals surface area contributed by atoms with E-state index in [4.69, 9.17) is 4.74 Å². The second-order valence-corrected chi connectivity index (χ2v) is 8.03. The molecule has 2 aromatic rings. The van der Waals surface area contributed by atoms with Gasteiger partial charge in [-0.15, -0.1) is 0 Å². The van der Waals surface area contributed by atoms with Gasteiger partial charge >= 0.3 is 0 Å². The van der Waals surface area contributed by atoms with Crippen molar-refractivity contribution in [2.75, 3.05) is 31.1 Å². The maximum absolute atomic E-state index is 13.0. The molecule has 0 saturated carbocycles. The molecule has 1 amide bonds. The number of non-ortho nitro benzene ring substituents is 1. The topological polar surface area (TPSA) is 75.9 Å². The third kappa shape index (κ3) is 4.62. The number of benzene rings is 2. The number of nitro groups is 1. The van der Waals surface area contributed by atoms with E-state index in [1.165, 1.54) is 12.1 Å². The first-order valence-corrected chi connectivity index (χ1v) is 9.79. The minimum absolute atomic E-state index is 0.0567. The summed E-state index contributed by atoms with van der Waals surface area (Å²) in [6.45, 7) is 6.03. The Bertz CT molecular complexity index is 845. The van der Waals surface area contributed by atoms with Gasteiger partial charge in [0, 0.05) is 48.5 Å². The lowest BCUT2D eigenvalue weighted by Gasteiger charge is -2.39. The van der Waals surface area contributed by atoms with Crippen LogP contribution < -0.4 is 9.64 Å². The normalized spacial score (nSPS) is 14.7. The average molecular weight is 448 g/mol. The number of hydrogen-bond acceptors (Lipinski definition) is 5. The summed E-state index contributed by atoms with van der Waals surface area (Å²) in [7, 11) is 0. The summed E-state index contributed by atoms with van der Waals surface area (Å²) >= 11 is 3.38. The molecular formula is C20H22BrN3O4. The van der Waals surface area contributed by atoms with E-state index in [1.807, 2.05) is 24.3 Å². The van der Waals surface area contributed by atoms with Crippen molar-refractivity contribution in [2.24, 2.45) is 0 Å². The van der Waals surface area contributed by atoms with E-state index in [-0.39, 0.29) is 11.6 Å². The van der Waals surface area contributed by atoms with Crippen molar-refractivity contribution in [3.63, 3.8) is 0 Å². The Morgan fingerprint density at radius 1 is 1.04 bits per heavy atom. The molecule has 0 N–H and O–H groups in total. The Kier molecular flexibility index (Phi) is 5.88. The quantitative estimate of drug-likeness (QED) is 0.513. The zero-order valence-corrected chi connectivity index (χ0v) is 17.4. The Balaban J connectivity index is 1.59. The lowest BCUT2D eigenvalue weighted by Crippen LogP contribution is -2.55. The molecule has 148 valence electrons. The number of carbonyl (C=O) groups excluding carboxylic acids is 1. The Hall–Kier alpha value is -2.61. The van der Waals surface area contributed by atoms with Gasteiger partial charge in [-0.3, -0.25) is 14.9 Å². The zero-order valence-electron chi connectivity index (χ0n) is 15.8. The standard InChI is InChI=1S/C20H22BrN3O4/c1-20(2,28-18-9-3-15(21)4-10-18)19(25)23-13-11-22(12-14-23)16-5-7-17(8-6-16)24(26)27/h3-10H,11-14H2,1-2H3. The lowest BCUT2D eigenvalue weighted by molar-refractivity contribution is -0.384. The van der Waals surface area contributed by atoms with Crippen molar-refractivity contribution in [3.8, 4) is 5.75 Å². The van der Waals surface area contributed by atoms with Crippen molar-refractivity contribution in [1.29, 1.82) is 0 Å². The monoisotopic (exact) mass is 447 g/mol. The van der Waals surface area contributed by atoms with E-state index < -0.39 is 10.5 Å². The van der Waals surface area contributed by atoms with Gasteiger partial charge in [-0.25, -0.2) is 0 Å². The summed E-state index contributed by atoms with van der Waals surface area (Å²) < 4.78 is 6.88. The second kappa shape index (κ2) is 8.18. The van der Waals surface area contributed by atoms with Gasteiger partial charge in [0.05, 0.1) is 4.92 Å². The van der Waals surface area contributed by atoms with Crippen LogP contribution in [-0.2, 0) is 4.79 Å². The summed E-state index contributed by atoms with van der Waals surface area (Å²) in [5, 5.41) is 10.8. The molecule has 1 saturated heterocycles. The lowest BCUT2D eigenvalue weighted by atomic mass is 10.1. The highest BCUT2D eigenvalue weighted by atomic mass is 79.9. The van der Waals surface area contributed by atoms with Crippen molar-refractivity contribution in [2.45, 2.75) is 19.4 Å². The minimum Gasteiger partial charge on any atom is -0.478 e. The predicted molar refractivity (Wildman–Crippen MR) is 111 cm³/mol. The Morgan fingerprint density at radius 3 is 2.14 bits per heavy atom. The van der Waals surface area contributed by atoms with Crippen molar-refractivity contribution in [3.05, 3.63) is 63.1 Å². The first-order valence-electron chi connectivity index (χ1n) is 8.99. The van der Waals surface area contributed by atoms with Gasteiger partial charge in [0.15, 0.2) is 5.60 Å². The van der Waals surface area contributed by atoms with Crippen LogP contribution in [0, 0.1) is 10.1 Å². The highest BCUT2D eigenvalue weighted by molar-refractivity contribution is 9.10. The number of rotatable bonds is 5. The zero-order chi connectivity index (χ0) is 20.3. The average Bonchev–Trinajstić information content (AvgIpc) is 2.69. The van der Waals surface area contributed by atoms with Crippen LogP contribution in [0.15, 0.2) is 53.0 Å². The number of hydrogen-bond donors (Lipinski definition) is 0. The minimum atomic E-state index is -0.969. The summed E-state index contributed by atoms with van der Waals surface area (Å²) in [6.07, 6.45) is 0. The van der Waals surface area contributed by atoms with Crippen LogP contribution in [-0.4, -0.2) is 47.5 Å². The third-order valence-corrected chi connectivity index (χ3v) is 5.22. The largest absolute Gasteiger partial charge is 0.478 e. The van der Waals surface area contributed by atoms with Crippen molar-refractivity contribution in [1.82, 2.24) is 4.90 Å². The summed E-state index contributed by atoms with van der Waals surface area (Å²) in [4.78, 5) is 27.3. The van der Waals surface area contributed by atoms with Crippen LogP contribution >= 0.6 is 15.9 Å². The summed E-state index contributed by atoms with van der Waals surface area (Å²) in [5.41, 5.74) is 0.0241. The molecule has 1 fully saturated rings. The molecule has 0 spiro atoms. The van der Waals surface area contributed by atoms with Gasteiger partial charge in [-0.05, 0) is 50.2 Å². The van der Waals surface area contributed by atoms with Crippen LogP contribution in [0.25, 0.3) is 0 Å². The highest BCUT2D eigenvalue weighted by Gasteiger charge is 2.35. The highest BCUT2D eigenvalue weighted by Crippen LogP contribution is 2.24. The van der Waals surface area contributed by atoms with E-state index in [9.17, 15) is 14.9 Å². The predicted octanol–water partition coefficient (Wildman–Crippen LogP) is 3.86. The SMILES string of the molecule is CC(C)(Oc1ccc(Br)cc1)C(=O)N1CCN(c2ccc([N+](=O)[O-])cc2)CC1. The molecule has 0 atom stereocenters. The molecule has 8 heteroatoms. The summed E-state index contributed by atoms with van der Waals surface area (Å²) in [6, 6.07) is 13.9. The smallest absolute Gasteiger partial charge is 0.269 e. The molecular weight excluding hydrogens is 426 g/mol. The van der Waals surface area contributed by atoms with Crippen LogP contribution in [0.2, 0.25) is 0 Å². The Labute approximate surface area is 172 Å². The molecule has 2 aromatic carbocycles. The van der Waals surface area contributed by atoms with Gasteiger partial charge < -0.3 is 14.5 Å². The van der Waals surface area contributed by atoms with Crippen LogP contribution in [0.3, 0.4) is 0 Å². The van der Waals surface area contributed by atoms with E-state index in [0.717, 1.165) is 10.2 Å². The molecule has 7 nitrogen and oxygen atoms in total. The fourth-order valence-electron chi connectivity index (χ4n) is 3.17. The number of nitrogens with zero attached hydrogens (tertiary/aromatic N) is 3. The summed E-state index contributed by atoms with van der Waals surface area (Å²) in [5.74, 6) is 0.588. The van der Waals surface area contributed by atoms with Crippen molar-refractivity contribution < 1.29 is 14.5 Å². The first kappa shape index (κ1) is 20.1. The number of ether oxygens (including phenoxy) is 1. The molecule has 0 aliphatic carbocycles. The maximum Gasteiger partial charge on any atom is 0.269 e. The molecule has 0 unspecified atom stereocenters. The first-order chi connectivity index (χ1) is 13.3. The van der Waals surface area contributed by atoms with E-state index in [0.29, 0.717) is 31.9 Å². The molecule has 0 bridgehead atoms. The van der Waals surface area contributed by atoms with Gasteiger partial charge in [0.2, 0.25) is 0 Å². The molecule has 3 rings (SSSR count). The fraction of sp³-hybridized carbons (Fsp3) is 0.350. The van der Waals surface area contributed by atoms with Crippen LogP contribution in [0.5, 0.6) is 5.75 Å². The number of amides is 1. The maximum atomic E-state index is 13.0. The van der Waals surface area contributed by atoms with Gasteiger partial charge in [-0.2, -0.15) is 0 Å². The molecule has 1 aliphatic rings. The van der Waals surface area contributed by atoms with E-state index >= 15 is 0 Å². The molecule has 28 heavy (non-hydrogen) atoms. The fourth-order valence-corrected chi connectivity index (χ4v) is 3.44. The van der Waals surface area contributed by atoms with Crippen LogP contribution in [0.1, 0.15) is 13.8 Å². The molecule has 0 radical (unpaired) electrons. The number of anilines is 1. The van der Waals surface area contributed by atoms with Gasteiger partial charge in [0.25, 0.3) is 11.6 Å². The van der Waals surface area contributed by atoms with Crippen LogP contribution in [0.4, 0.5) is 11.4 Å². The van der Waals surface area contributed by atoms with Crippen molar-refractivity contribution >= 4 is 33.2 Å². The molecule has 0 aromatic heterocycles. The third-order valence-electron chi connectivity index (χ3n) is 4.69. The van der Waals surface area contributed by atoms with Gasteiger partial charge in [0.1, 0.15) is 5.75 Å². The van der Waals surface area contributed by atoms with Gasteiger partial charge in [-0.1, -0.05) is 15.9 Å². The molecule has 1 aliphatic heterocycles. The number of carbonyl (C=O) groups is 1. The Morgan fingerprint density at radius 2 is 1.61 bits per heavy atom. The number of nitro benzene ring substituents is 1. The van der Waals surface area contributed by atoms with E-state index in [1.54, 1.807) is 30.9 Å². The second-order valence-electron chi connectivity index (χ2n) is 7.12. The van der Waals surface area contributed by atoms with E-state index in [2.05, 4.69) is 20.8 Å². The number of piperazine rings is 1. The molecule has 1 heterocycles. The number of halogens is 1.